The van der Waals surface area contributed by atoms with Crippen LogP contribution in [0.4, 0.5) is 0 Å². The zero-order valence-electron chi connectivity index (χ0n) is 45.5. The van der Waals surface area contributed by atoms with E-state index < -0.39 is 59.8 Å². The molecular formula is C59H106O12S. The minimum Gasteiger partial charge on any atom is -0.457 e. The Morgan fingerprint density at radius 2 is 0.958 bits per heavy atom. The Hall–Kier alpha value is -2.20. The second-order valence-electron chi connectivity index (χ2n) is 19.9. The van der Waals surface area contributed by atoms with Crippen LogP contribution in [-0.2, 0) is 38.3 Å². The molecule has 6 atom stereocenters. The van der Waals surface area contributed by atoms with Crippen molar-refractivity contribution in [3.05, 3.63) is 60.8 Å². The van der Waals surface area contributed by atoms with E-state index in [1.54, 1.807) is 0 Å². The highest BCUT2D eigenvalue weighted by Gasteiger charge is 2.48. The minimum atomic E-state index is -5.07. The van der Waals surface area contributed by atoms with E-state index in [0.29, 0.717) is 13.0 Å². The fourth-order valence-electron chi connectivity index (χ4n) is 8.82. The van der Waals surface area contributed by atoms with Gasteiger partial charge in [-0.25, -0.2) is 4.18 Å². The van der Waals surface area contributed by atoms with Crippen LogP contribution in [0.25, 0.3) is 0 Å². The largest absolute Gasteiger partial charge is 0.457 e. The highest BCUT2D eigenvalue weighted by molar-refractivity contribution is 7.80. The normalized spacial score (nSPS) is 19.3. The highest BCUT2D eigenvalue weighted by Crippen LogP contribution is 2.26. The number of unbranched alkanes of at least 4 members (excludes halogenated alkanes) is 28. The van der Waals surface area contributed by atoms with Crippen molar-refractivity contribution < 1.29 is 56.2 Å². The quantitative estimate of drug-likeness (QED) is 0.0196. The third-order valence-electron chi connectivity index (χ3n) is 13.2. The van der Waals surface area contributed by atoms with Gasteiger partial charge in [0.2, 0.25) is 0 Å². The maximum absolute atomic E-state index is 12.9. The first kappa shape index (κ1) is 67.8. The van der Waals surface area contributed by atoms with Crippen molar-refractivity contribution in [2.75, 3.05) is 26.4 Å². The van der Waals surface area contributed by atoms with Crippen LogP contribution in [0.5, 0.6) is 0 Å². The topological polar surface area (TPSA) is 178 Å². The molecule has 0 radical (unpaired) electrons. The van der Waals surface area contributed by atoms with Gasteiger partial charge in [0, 0.05) is 13.0 Å². The van der Waals surface area contributed by atoms with Gasteiger partial charge in [-0.2, -0.15) is 8.42 Å². The molecule has 13 heteroatoms. The molecule has 0 aromatic heterocycles. The Balaban J connectivity index is 2.29. The van der Waals surface area contributed by atoms with E-state index in [4.69, 9.17) is 18.9 Å². The highest BCUT2D eigenvalue weighted by atomic mass is 32.3. The summed E-state index contributed by atoms with van der Waals surface area (Å²) in [5.74, 6) is -0.427. The van der Waals surface area contributed by atoms with E-state index in [0.717, 1.165) is 70.6 Å². The van der Waals surface area contributed by atoms with Gasteiger partial charge in [-0.15, -0.1) is 0 Å². The summed E-state index contributed by atoms with van der Waals surface area (Å²) in [4.78, 5) is 12.9. The smallest absolute Gasteiger partial charge is 0.397 e. The second-order valence-corrected chi connectivity index (χ2v) is 20.9. The molecule has 0 saturated carbocycles. The fourth-order valence-corrected chi connectivity index (χ4v) is 9.33. The zero-order chi connectivity index (χ0) is 52.4. The number of hydrogen-bond donors (Lipinski definition) is 4. The van der Waals surface area contributed by atoms with Gasteiger partial charge in [0.15, 0.2) is 6.29 Å². The number of esters is 1. The molecule has 1 heterocycles. The lowest BCUT2D eigenvalue weighted by Crippen LogP contribution is -2.60. The molecule has 1 aliphatic heterocycles. The lowest BCUT2D eigenvalue weighted by molar-refractivity contribution is -0.301. The Kier molecular flexibility index (Phi) is 46.8. The molecule has 6 unspecified atom stereocenters. The molecule has 420 valence electrons. The van der Waals surface area contributed by atoms with Crippen molar-refractivity contribution in [3.8, 4) is 0 Å². The van der Waals surface area contributed by atoms with Crippen molar-refractivity contribution in [1.29, 1.82) is 0 Å². The van der Waals surface area contributed by atoms with E-state index >= 15 is 0 Å². The maximum atomic E-state index is 12.9. The molecule has 0 aliphatic carbocycles. The molecule has 72 heavy (non-hydrogen) atoms. The van der Waals surface area contributed by atoms with E-state index in [1.165, 1.54) is 148 Å². The van der Waals surface area contributed by atoms with E-state index in [9.17, 15) is 33.1 Å². The maximum Gasteiger partial charge on any atom is 0.397 e. The van der Waals surface area contributed by atoms with Gasteiger partial charge in [-0.1, -0.05) is 242 Å². The Bertz CT molecular complexity index is 1480. The van der Waals surface area contributed by atoms with Gasteiger partial charge in [0.05, 0.1) is 19.8 Å². The molecule has 0 aromatic rings. The number of aliphatic hydroxyl groups excluding tert-OH is 3. The summed E-state index contributed by atoms with van der Waals surface area (Å²) < 4.78 is 59.4. The Morgan fingerprint density at radius 1 is 0.542 bits per heavy atom. The van der Waals surface area contributed by atoms with Gasteiger partial charge < -0.3 is 34.3 Å². The predicted octanol–water partition coefficient (Wildman–Crippen LogP) is 14.4. The Labute approximate surface area is 439 Å². The van der Waals surface area contributed by atoms with E-state index in [1.807, 2.05) is 0 Å². The zero-order valence-corrected chi connectivity index (χ0v) is 46.3. The van der Waals surface area contributed by atoms with Gasteiger partial charge in [-0.05, 0) is 57.8 Å². The van der Waals surface area contributed by atoms with Gasteiger partial charge in [0.1, 0.15) is 30.5 Å². The summed E-state index contributed by atoms with van der Waals surface area (Å²) in [6, 6.07) is 0. The molecule has 1 rings (SSSR count). The van der Waals surface area contributed by atoms with Crippen molar-refractivity contribution in [2.45, 2.75) is 282 Å². The molecule has 4 N–H and O–H groups in total. The molecule has 0 aromatic carbocycles. The summed E-state index contributed by atoms with van der Waals surface area (Å²) in [5.41, 5.74) is 0. The minimum absolute atomic E-state index is 0.0229. The van der Waals surface area contributed by atoms with Crippen molar-refractivity contribution in [1.82, 2.24) is 0 Å². The van der Waals surface area contributed by atoms with Crippen molar-refractivity contribution in [2.24, 2.45) is 0 Å². The van der Waals surface area contributed by atoms with Crippen molar-refractivity contribution in [3.63, 3.8) is 0 Å². The number of rotatable bonds is 51. The molecule has 1 fully saturated rings. The molecule has 1 aliphatic rings. The average Bonchev–Trinajstić information content (AvgIpc) is 3.36. The summed E-state index contributed by atoms with van der Waals surface area (Å²) >= 11 is 0. The van der Waals surface area contributed by atoms with Crippen molar-refractivity contribution >= 4 is 16.4 Å². The third-order valence-corrected chi connectivity index (χ3v) is 13.6. The summed E-state index contributed by atoms with van der Waals surface area (Å²) in [7, 11) is -5.07. The molecule has 1 saturated heterocycles. The molecule has 0 amide bonds. The SMILES string of the molecule is CC/C=C\C/C=C\C/C=C\C/C=C\C/C=C\CCCCCC(=O)OC(COCCCCCCCCCCCCCCCCCCCCCCCCCCCC)COC1OC(CO)C(O)C(OS(=O)(=O)O)C1O. The first-order valence-electron chi connectivity index (χ1n) is 29.0. The van der Waals surface area contributed by atoms with Crippen LogP contribution in [0.15, 0.2) is 60.8 Å². The predicted molar refractivity (Wildman–Crippen MR) is 294 cm³/mol. The summed E-state index contributed by atoms with van der Waals surface area (Å²) in [6.45, 7) is 3.88. The van der Waals surface area contributed by atoms with Gasteiger partial charge in [0.25, 0.3) is 0 Å². The summed E-state index contributed by atoms with van der Waals surface area (Å²) in [6.07, 6.45) is 55.6. The lowest BCUT2D eigenvalue weighted by atomic mass is 9.99. The van der Waals surface area contributed by atoms with Crippen LogP contribution in [0, 0.1) is 0 Å². The van der Waals surface area contributed by atoms with Crippen LogP contribution >= 0.6 is 0 Å². The van der Waals surface area contributed by atoms with Gasteiger partial charge >= 0.3 is 16.4 Å². The van der Waals surface area contributed by atoms with Gasteiger partial charge in [-0.3, -0.25) is 9.35 Å². The first-order valence-corrected chi connectivity index (χ1v) is 30.4. The monoisotopic (exact) mass is 1040 g/mol. The van der Waals surface area contributed by atoms with Crippen LogP contribution in [0.3, 0.4) is 0 Å². The van der Waals surface area contributed by atoms with Crippen LogP contribution in [-0.4, -0.2) is 97.5 Å². The number of hydrogen-bond acceptors (Lipinski definition) is 11. The number of carbonyl (C=O) groups is 1. The Morgan fingerprint density at radius 3 is 1.39 bits per heavy atom. The number of aliphatic hydroxyl groups is 3. The average molecular weight is 1040 g/mol. The lowest BCUT2D eigenvalue weighted by Gasteiger charge is -2.41. The molecule has 0 spiro atoms. The standard InChI is InChI=1S/C59H106O12S/c1-3-5-7-9-11-13-15-17-19-21-23-24-25-26-27-28-29-31-33-35-37-39-41-43-45-47-49-67-51-53(52-68-59-57(63)58(71-72(64,65)66)56(62)54(50-60)70-59)69-55(61)48-46-44-42-40-38-36-34-32-30-22-20-18-16-14-12-10-8-6-4-2/h6,8,12,14,18,20,30,32,36,38,53-54,56-60,62-63H,3-5,7,9-11,13,15-17,19,21-29,31,33-35,37,39-52H2,1-2H3,(H,64,65,66)/b8-6-,14-12-,20-18-,32-30-,38-36-. The molecule has 0 bridgehead atoms. The first-order chi connectivity index (χ1) is 35.1. The van der Waals surface area contributed by atoms with E-state index in [2.05, 4.69) is 78.8 Å². The van der Waals surface area contributed by atoms with Crippen LogP contribution in [0.1, 0.15) is 245 Å². The summed E-state index contributed by atoms with van der Waals surface area (Å²) in [5, 5.41) is 30.8. The number of carbonyl (C=O) groups excluding carboxylic acids is 1. The molecular weight excluding hydrogens is 933 g/mol. The number of ether oxygens (including phenoxy) is 4. The number of allylic oxidation sites excluding steroid dienone is 10. The van der Waals surface area contributed by atoms with E-state index in [-0.39, 0.29) is 19.6 Å². The second kappa shape index (κ2) is 49.7. The fraction of sp³-hybridized carbons (Fsp3) is 0.814. The van der Waals surface area contributed by atoms with Crippen LogP contribution in [0.2, 0.25) is 0 Å². The molecule has 12 nitrogen and oxygen atoms in total. The van der Waals surface area contributed by atoms with Crippen LogP contribution < -0.4 is 0 Å². The third kappa shape index (κ3) is 42.1.